The molecule has 1 atom stereocenters. The number of amides is 2. The van der Waals surface area contributed by atoms with E-state index in [9.17, 15) is 14.4 Å². The summed E-state index contributed by atoms with van der Waals surface area (Å²) >= 11 is 0. The van der Waals surface area contributed by atoms with Crippen molar-refractivity contribution in [2.45, 2.75) is 26.2 Å². The molecule has 7 nitrogen and oxygen atoms in total. The predicted molar refractivity (Wildman–Crippen MR) is 115 cm³/mol. The molecule has 4 rings (SSSR count). The lowest BCUT2D eigenvalue weighted by Gasteiger charge is -2.24. The SMILES string of the molecule is CC1CCc2nc3ccccc3c(C(=O)OCC(=O)NNC(=O)c3ccccc3)c2C1. The summed E-state index contributed by atoms with van der Waals surface area (Å²) in [6, 6.07) is 15.9. The first-order chi connectivity index (χ1) is 15.0. The number of para-hydroxylation sites is 1. The van der Waals surface area contributed by atoms with E-state index < -0.39 is 24.4 Å². The average Bonchev–Trinajstić information content (AvgIpc) is 2.80. The third kappa shape index (κ3) is 4.55. The van der Waals surface area contributed by atoms with Gasteiger partial charge in [-0.15, -0.1) is 0 Å². The van der Waals surface area contributed by atoms with Crippen LogP contribution in [0.1, 0.15) is 45.3 Å². The van der Waals surface area contributed by atoms with E-state index in [2.05, 4.69) is 17.8 Å². The summed E-state index contributed by atoms with van der Waals surface area (Å²) < 4.78 is 5.31. The van der Waals surface area contributed by atoms with Crippen molar-refractivity contribution >= 4 is 28.7 Å². The number of hydrogen-bond donors (Lipinski definition) is 2. The number of aryl methyl sites for hydroxylation is 1. The van der Waals surface area contributed by atoms with Gasteiger partial charge in [-0.05, 0) is 48.9 Å². The van der Waals surface area contributed by atoms with E-state index >= 15 is 0 Å². The molecule has 0 fully saturated rings. The molecule has 7 heteroatoms. The molecule has 1 aromatic heterocycles. The van der Waals surface area contributed by atoms with Crippen LogP contribution in [-0.4, -0.2) is 29.4 Å². The number of carbonyl (C=O) groups is 3. The summed E-state index contributed by atoms with van der Waals surface area (Å²) in [5, 5.41) is 0.720. The van der Waals surface area contributed by atoms with Crippen molar-refractivity contribution in [1.29, 1.82) is 0 Å². The first-order valence-corrected chi connectivity index (χ1v) is 10.2. The van der Waals surface area contributed by atoms with Gasteiger partial charge in [0.1, 0.15) is 0 Å². The summed E-state index contributed by atoms with van der Waals surface area (Å²) in [7, 11) is 0. The Labute approximate surface area is 179 Å². The van der Waals surface area contributed by atoms with Crippen molar-refractivity contribution in [3.05, 3.63) is 77.0 Å². The Morgan fingerprint density at radius 3 is 2.58 bits per heavy atom. The van der Waals surface area contributed by atoms with E-state index in [1.807, 2.05) is 24.3 Å². The predicted octanol–water partition coefficient (Wildman–Crippen LogP) is 2.98. The standard InChI is InChI=1S/C24H23N3O4/c1-15-11-12-20-18(13-15)22(17-9-5-6-10-19(17)25-20)24(30)31-14-21(28)26-27-23(29)16-7-3-2-4-8-16/h2-10,15H,11-14H2,1H3,(H,26,28)(H,27,29). The van der Waals surface area contributed by atoms with E-state index in [0.717, 1.165) is 41.4 Å². The molecule has 0 saturated carbocycles. The van der Waals surface area contributed by atoms with Crippen LogP contribution in [0.5, 0.6) is 0 Å². The van der Waals surface area contributed by atoms with Crippen LogP contribution in [0.15, 0.2) is 54.6 Å². The zero-order chi connectivity index (χ0) is 21.8. The molecule has 2 aromatic carbocycles. The van der Waals surface area contributed by atoms with Gasteiger partial charge in [0.15, 0.2) is 6.61 Å². The number of fused-ring (bicyclic) bond motifs is 2. The Balaban J connectivity index is 1.45. The highest BCUT2D eigenvalue weighted by Crippen LogP contribution is 2.31. The minimum Gasteiger partial charge on any atom is -0.452 e. The van der Waals surface area contributed by atoms with E-state index in [-0.39, 0.29) is 0 Å². The molecule has 3 aromatic rings. The molecule has 1 unspecified atom stereocenters. The number of pyridine rings is 1. The van der Waals surface area contributed by atoms with Crippen molar-refractivity contribution in [1.82, 2.24) is 15.8 Å². The highest BCUT2D eigenvalue weighted by molar-refractivity contribution is 6.05. The van der Waals surface area contributed by atoms with Gasteiger partial charge < -0.3 is 4.74 Å². The fraction of sp³-hybridized carbons (Fsp3) is 0.250. The number of benzene rings is 2. The van der Waals surface area contributed by atoms with Crippen molar-refractivity contribution in [3.8, 4) is 0 Å². The molecular weight excluding hydrogens is 394 g/mol. The van der Waals surface area contributed by atoms with Gasteiger partial charge in [0, 0.05) is 16.6 Å². The molecule has 0 aliphatic heterocycles. The van der Waals surface area contributed by atoms with Crippen LogP contribution in [0.3, 0.4) is 0 Å². The number of aromatic nitrogens is 1. The maximum atomic E-state index is 13.0. The average molecular weight is 417 g/mol. The summed E-state index contributed by atoms with van der Waals surface area (Å²) in [6.07, 6.45) is 2.58. The third-order valence-electron chi connectivity index (χ3n) is 5.40. The zero-order valence-corrected chi connectivity index (χ0v) is 17.2. The Hall–Kier alpha value is -3.74. The van der Waals surface area contributed by atoms with Crippen LogP contribution in [-0.2, 0) is 22.4 Å². The van der Waals surface area contributed by atoms with E-state index in [0.29, 0.717) is 17.0 Å². The second-order valence-electron chi connectivity index (χ2n) is 7.72. The largest absolute Gasteiger partial charge is 0.452 e. The molecule has 2 N–H and O–H groups in total. The van der Waals surface area contributed by atoms with Crippen LogP contribution < -0.4 is 10.9 Å². The number of hydrogen-bond acceptors (Lipinski definition) is 5. The monoisotopic (exact) mass is 417 g/mol. The van der Waals surface area contributed by atoms with Gasteiger partial charge in [-0.1, -0.05) is 43.3 Å². The first kappa shape index (κ1) is 20.5. The topological polar surface area (TPSA) is 97.4 Å². The normalized spacial score (nSPS) is 15.1. The minimum absolute atomic E-state index is 0.406. The van der Waals surface area contributed by atoms with Gasteiger partial charge in [-0.2, -0.15) is 0 Å². The van der Waals surface area contributed by atoms with Crippen LogP contribution in [0, 0.1) is 5.92 Å². The Morgan fingerprint density at radius 2 is 1.77 bits per heavy atom. The maximum absolute atomic E-state index is 13.0. The molecule has 31 heavy (non-hydrogen) atoms. The van der Waals surface area contributed by atoms with Gasteiger partial charge in [-0.3, -0.25) is 25.4 Å². The summed E-state index contributed by atoms with van der Waals surface area (Å²) in [6.45, 7) is 1.64. The van der Waals surface area contributed by atoms with Crippen molar-refractivity contribution in [2.75, 3.05) is 6.61 Å². The molecule has 0 radical (unpaired) electrons. The number of carbonyl (C=O) groups excluding carboxylic acids is 3. The number of nitrogens with one attached hydrogen (secondary N) is 2. The molecule has 1 aliphatic carbocycles. The Morgan fingerprint density at radius 1 is 1.03 bits per heavy atom. The van der Waals surface area contributed by atoms with Gasteiger partial charge >= 0.3 is 5.97 Å². The number of nitrogens with zero attached hydrogens (tertiary/aromatic N) is 1. The Kier molecular flexibility index (Phi) is 5.93. The molecule has 2 amide bonds. The van der Waals surface area contributed by atoms with E-state index in [1.165, 1.54) is 0 Å². The smallest absolute Gasteiger partial charge is 0.339 e. The lowest BCUT2D eigenvalue weighted by molar-refractivity contribution is -0.125. The maximum Gasteiger partial charge on any atom is 0.339 e. The Bertz CT molecular complexity index is 1140. The lowest BCUT2D eigenvalue weighted by atomic mass is 9.84. The van der Waals surface area contributed by atoms with Gasteiger partial charge in [-0.25, -0.2) is 4.79 Å². The zero-order valence-electron chi connectivity index (χ0n) is 17.2. The van der Waals surface area contributed by atoms with Gasteiger partial charge in [0.2, 0.25) is 0 Å². The molecule has 1 heterocycles. The highest BCUT2D eigenvalue weighted by Gasteiger charge is 2.26. The van der Waals surface area contributed by atoms with E-state index in [1.54, 1.807) is 30.3 Å². The van der Waals surface area contributed by atoms with Gasteiger partial charge in [0.25, 0.3) is 11.8 Å². The first-order valence-electron chi connectivity index (χ1n) is 10.2. The van der Waals surface area contributed by atoms with Crippen LogP contribution in [0.4, 0.5) is 0 Å². The highest BCUT2D eigenvalue weighted by atomic mass is 16.5. The summed E-state index contributed by atoms with van der Waals surface area (Å²) in [5.74, 6) is -1.20. The summed E-state index contributed by atoms with van der Waals surface area (Å²) in [4.78, 5) is 41.8. The molecule has 0 saturated heterocycles. The lowest BCUT2D eigenvalue weighted by Crippen LogP contribution is -2.43. The quantitative estimate of drug-likeness (QED) is 0.502. The molecule has 0 spiro atoms. The van der Waals surface area contributed by atoms with Crippen molar-refractivity contribution in [3.63, 3.8) is 0 Å². The number of esters is 1. The molecule has 1 aliphatic rings. The molecule has 158 valence electrons. The number of rotatable bonds is 4. The fourth-order valence-electron chi connectivity index (χ4n) is 3.82. The van der Waals surface area contributed by atoms with Crippen LogP contribution in [0.2, 0.25) is 0 Å². The number of hydrazine groups is 1. The molecular formula is C24H23N3O4. The fourth-order valence-corrected chi connectivity index (χ4v) is 3.82. The minimum atomic E-state index is -0.627. The second kappa shape index (κ2) is 8.95. The second-order valence-corrected chi connectivity index (χ2v) is 7.72. The van der Waals surface area contributed by atoms with E-state index in [4.69, 9.17) is 9.72 Å². The molecule has 0 bridgehead atoms. The third-order valence-corrected chi connectivity index (χ3v) is 5.40. The van der Waals surface area contributed by atoms with Crippen LogP contribution >= 0.6 is 0 Å². The van der Waals surface area contributed by atoms with Gasteiger partial charge in [0.05, 0.1) is 11.1 Å². The van der Waals surface area contributed by atoms with Crippen LogP contribution in [0.25, 0.3) is 10.9 Å². The van der Waals surface area contributed by atoms with Crippen molar-refractivity contribution in [2.24, 2.45) is 5.92 Å². The summed E-state index contributed by atoms with van der Waals surface area (Å²) in [5.41, 5.74) is 8.02. The van der Waals surface area contributed by atoms with Crippen molar-refractivity contribution < 1.29 is 19.1 Å². The number of ether oxygens (including phenoxy) is 1.